The molecule has 0 radical (unpaired) electrons. The van der Waals surface area contributed by atoms with Crippen LogP contribution in [0.3, 0.4) is 0 Å². The fourth-order valence-electron chi connectivity index (χ4n) is 2.67. The molecule has 2 amide bonds. The third kappa shape index (κ3) is 4.34. The maximum atomic E-state index is 11.9. The molecule has 0 atom stereocenters. The number of carbonyl (C=O) groups is 2. The van der Waals surface area contributed by atoms with Crippen molar-refractivity contribution in [2.24, 2.45) is 5.92 Å². The Morgan fingerprint density at radius 3 is 2.45 bits per heavy atom. The van der Waals surface area contributed by atoms with Crippen LogP contribution in [0.2, 0.25) is 0 Å². The summed E-state index contributed by atoms with van der Waals surface area (Å²) in [6.07, 6.45) is 6.85. The topological polar surface area (TPSA) is 61.4 Å². The molecule has 1 heterocycles. The first-order valence-corrected chi connectivity index (χ1v) is 7.59. The molecule has 1 saturated heterocycles. The summed E-state index contributed by atoms with van der Waals surface area (Å²) in [5.41, 5.74) is 0. The van der Waals surface area contributed by atoms with E-state index in [0.717, 1.165) is 38.8 Å². The van der Waals surface area contributed by atoms with Gasteiger partial charge in [-0.05, 0) is 25.7 Å². The molecule has 5 nitrogen and oxygen atoms in total. The zero-order chi connectivity index (χ0) is 14.4. The quantitative estimate of drug-likeness (QED) is 0.703. The Hall–Kier alpha value is -1.36. The second-order valence-corrected chi connectivity index (χ2v) is 5.78. The van der Waals surface area contributed by atoms with Crippen LogP contribution >= 0.6 is 0 Å². The molecule has 5 heteroatoms. The summed E-state index contributed by atoms with van der Waals surface area (Å²) >= 11 is 0. The normalized spacial score (nSPS) is 21.0. The first-order valence-electron chi connectivity index (χ1n) is 7.59. The summed E-state index contributed by atoms with van der Waals surface area (Å²) in [7, 11) is 0. The van der Waals surface area contributed by atoms with Crippen molar-refractivity contribution < 1.29 is 9.59 Å². The van der Waals surface area contributed by atoms with Crippen LogP contribution in [0, 0.1) is 5.92 Å². The lowest BCUT2D eigenvalue weighted by atomic mass is 9.84. The number of amides is 2. The van der Waals surface area contributed by atoms with Crippen LogP contribution in [-0.2, 0) is 9.59 Å². The predicted molar refractivity (Wildman–Crippen MR) is 78.2 cm³/mol. The molecule has 0 aromatic heterocycles. The minimum absolute atomic E-state index is 0.0434. The van der Waals surface area contributed by atoms with Crippen molar-refractivity contribution >= 4 is 11.8 Å². The number of hydrogen-bond donors (Lipinski definition) is 2. The summed E-state index contributed by atoms with van der Waals surface area (Å²) in [5.74, 6) is 0.540. The first kappa shape index (κ1) is 15.0. The first-order chi connectivity index (χ1) is 9.69. The molecule has 112 valence electrons. The van der Waals surface area contributed by atoms with Crippen molar-refractivity contribution in [1.29, 1.82) is 0 Å². The number of carbonyl (C=O) groups excluding carboxylic acids is 2. The summed E-state index contributed by atoms with van der Waals surface area (Å²) in [5, 5.41) is 5.93. The lowest BCUT2D eigenvalue weighted by molar-refractivity contribution is -0.129. The molecule has 2 aliphatic rings. The van der Waals surface area contributed by atoms with Crippen LogP contribution in [0.15, 0.2) is 12.7 Å². The average molecular weight is 279 g/mol. The summed E-state index contributed by atoms with van der Waals surface area (Å²) in [6, 6.07) is 0.288. The molecule has 0 aromatic rings. The predicted octanol–water partition coefficient (Wildman–Crippen LogP) is 0.669. The maximum Gasteiger partial charge on any atom is 0.234 e. The molecule has 0 spiro atoms. The Morgan fingerprint density at radius 1 is 1.20 bits per heavy atom. The summed E-state index contributed by atoms with van der Waals surface area (Å²) in [4.78, 5) is 25.6. The van der Waals surface area contributed by atoms with E-state index in [2.05, 4.69) is 22.1 Å². The number of nitrogens with zero attached hydrogens (tertiary/aromatic N) is 1. The molecule has 0 bridgehead atoms. The van der Waals surface area contributed by atoms with Crippen LogP contribution < -0.4 is 10.6 Å². The van der Waals surface area contributed by atoms with E-state index in [1.54, 1.807) is 6.08 Å². The fourth-order valence-corrected chi connectivity index (χ4v) is 2.67. The molecule has 2 N–H and O–H groups in total. The highest BCUT2D eigenvalue weighted by atomic mass is 16.2. The van der Waals surface area contributed by atoms with Crippen molar-refractivity contribution in [3.05, 3.63) is 12.7 Å². The van der Waals surface area contributed by atoms with E-state index in [9.17, 15) is 9.59 Å². The Balaban J connectivity index is 1.63. The van der Waals surface area contributed by atoms with Crippen LogP contribution in [0.5, 0.6) is 0 Å². The molecule has 2 fully saturated rings. The second-order valence-electron chi connectivity index (χ2n) is 5.78. The maximum absolute atomic E-state index is 11.9. The third-order valence-corrected chi connectivity index (χ3v) is 4.22. The average Bonchev–Trinajstić information content (AvgIpc) is 2.36. The van der Waals surface area contributed by atoms with Gasteiger partial charge in [0.1, 0.15) is 0 Å². The van der Waals surface area contributed by atoms with E-state index < -0.39 is 0 Å². The monoisotopic (exact) mass is 279 g/mol. The number of piperidine rings is 1. The van der Waals surface area contributed by atoms with Crippen molar-refractivity contribution in [1.82, 2.24) is 15.5 Å². The van der Waals surface area contributed by atoms with Gasteiger partial charge in [0.05, 0.1) is 6.54 Å². The lowest BCUT2D eigenvalue weighted by Crippen LogP contribution is -2.49. The molecule has 20 heavy (non-hydrogen) atoms. The third-order valence-electron chi connectivity index (χ3n) is 4.22. The summed E-state index contributed by atoms with van der Waals surface area (Å²) in [6.45, 7) is 6.28. The number of hydrogen-bond acceptors (Lipinski definition) is 3. The number of likely N-dealkylation sites (tertiary alicyclic amines) is 1. The Kier molecular flexibility index (Phi) is 5.59. The minimum atomic E-state index is 0.0434. The van der Waals surface area contributed by atoms with Gasteiger partial charge in [-0.15, -0.1) is 6.58 Å². The zero-order valence-electron chi connectivity index (χ0n) is 12.1. The molecule has 0 aromatic carbocycles. The van der Waals surface area contributed by atoms with Crippen LogP contribution in [0.25, 0.3) is 0 Å². The van der Waals surface area contributed by atoms with Crippen molar-refractivity contribution in [2.75, 3.05) is 26.2 Å². The SMILES string of the molecule is C=CCNC(=O)CN1CCC(NC(=O)C2CCC2)CC1. The minimum Gasteiger partial charge on any atom is -0.353 e. The molecule has 1 aliphatic carbocycles. The van der Waals surface area contributed by atoms with E-state index in [1.165, 1.54) is 6.42 Å². The van der Waals surface area contributed by atoms with Gasteiger partial charge < -0.3 is 10.6 Å². The molecular formula is C15H25N3O2. The molecule has 2 rings (SSSR count). The van der Waals surface area contributed by atoms with E-state index in [-0.39, 0.29) is 23.8 Å². The fraction of sp³-hybridized carbons (Fsp3) is 0.733. The van der Waals surface area contributed by atoms with Gasteiger partial charge in [-0.2, -0.15) is 0 Å². The standard InChI is InChI=1S/C15H25N3O2/c1-2-8-16-14(19)11-18-9-6-13(7-10-18)17-15(20)12-4-3-5-12/h2,12-13H,1,3-11H2,(H,16,19)(H,17,20). The Bertz CT molecular complexity index is 358. The largest absolute Gasteiger partial charge is 0.353 e. The number of nitrogens with one attached hydrogen (secondary N) is 2. The van der Waals surface area contributed by atoms with Crippen molar-refractivity contribution in [3.63, 3.8) is 0 Å². The molecule has 1 saturated carbocycles. The van der Waals surface area contributed by atoms with Gasteiger partial charge in [-0.25, -0.2) is 0 Å². The van der Waals surface area contributed by atoms with Gasteiger partial charge >= 0.3 is 0 Å². The van der Waals surface area contributed by atoms with Crippen LogP contribution in [0.1, 0.15) is 32.1 Å². The van der Waals surface area contributed by atoms with Crippen LogP contribution in [0.4, 0.5) is 0 Å². The molecule has 0 unspecified atom stereocenters. The van der Waals surface area contributed by atoms with Gasteiger partial charge in [-0.1, -0.05) is 12.5 Å². The van der Waals surface area contributed by atoms with E-state index in [4.69, 9.17) is 0 Å². The highest BCUT2D eigenvalue weighted by molar-refractivity contribution is 5.79. The van der Waals surface area contributed by atoms with E-state index >= 15 is 0 Å². The van der Waals surface area contributed by atoms with Gasteiger partial charge in [0.2, 0.25) is 11.8 Å². The highest BCUT2D eigenvalue weighted by Crippen LogP contribution is 2.26. The molecular weight excluding hydrogens is 254 g/mol. The van der Waals surface area contributed by atoms with Gasteiger partial charge in [0, 0.05) is 31.6 Å². The van der Waals surface area contributed by atoms with Gasteiger partial charge in [0.25, 0.3) is 0 Å². The van der Waals surface area contributed by atoms with Gasteiger partial charge in [-0.3, -0.25) is 14.5 Å². The van der Waals surface area contributed by atoms with Crippen molar-refractivity contribution in [2.45, 2.75) is 38.1 Å². The second kappa shape index (κ2) is 7.43. The lowest BCUT2D eigenvalue weighted by Gasteiger charge is -2.33. The highest BCUT2D eigenvalue weighted by Gasteiger charge is 2.28. The number of rotatable bonds is 6. The van der Waals surface area contributed by atoms with Crippen molar-refractivity contribution in [3.8, 4) is 0 Å². The van der Waals surface area contributed by atoms with Gasteiger partial charge in [0.15, 0.2) is 0 Å². The Labute approximate surface area is 120 Å². The zero-order valence-corrected chi connectivity index (χ0v) is 12.1. The van der Waals surface area contributed by atoms with E-state index in [1.807, 2.05) is 0 Å². The molecule has 1 aliphatic heterocycles. The Morgan fingerprint density at radius 2 is 1.90 bits per heavy atom. The van der Waals surface area contributed by atoms with E-state index in [0.29, 0.717) is 13.1 Å². The summed E-state index contributed by atoms with van der Waals surface area (Å²) < 4.78 is 0. The van der Waals surface area contributed by atoms with Crippen LogP contribution in [-0.4, -0.2) is 48.9 Å². The smallest absolute Gasteiger partial charge is 0.234 e.